The molecular weight excluding hydrogens is 178 g/mol. The van der Waals surface area contributed by atoms with Gasteiger partial charge in [0.25, 0.3) is 0 Å². The number of rotatable bonds is 1. The Bertz CT molecular complexity index is 154. The molecule has 0 aromatic heterocycles. The Morgan fingerprint density at radius 2 is 1.91 bits per heavy atom. The quantitative estimate of drug-likeness (QED) is 0.568. The Morgan fingerprint density at radius 1 is 1.45 bits per heavy atom. The maximum Gasteiger partial charge on any atom is 0.419 e. The fourth-order valence-corrected chi connectivity index (χ4v) is 1.62. The minimum atomic E-state index is -4.26. The molecule has 0 aliphatic carbocycles. The van der Waals surface area contributed by atoms with E-state index in [4.69, 9.17) is 0 Å². The summed E-state index contributed by atoms with van der Waals surface area (Å²) in [6.45, 7) is -0.199. The lowest BCUT2D eigenvalue weighted by Gasteiger charge is -2.47. The molecule has 1 unspecified atom stereocenters. The molecule has 11 heavy (non-hydrogen) atoms. The summed E-state index contributed by atoms with van der Waals surface area (Å²) in [5.74, 6) is 0. The van der Waals surface area contributed by atoms with E-state index in [1.165, 1.54) is 4.67 Å². The predicted octanol–water partition coefficient (Wildman–Crippen LogP) is 1.04. The number of halogens is 3. The van der Waals surface area contributed by atoms with Crippen molar-refractivity contribution in [3.63, 3.8) is 0 Å². The largest absolute Gasteiger partial charge is 0.419 e. The van der Waals surface area contributed by atoms with E-state index >= 15 is 0 Å². The van der Waals surface area contributed by atoms with Gasteiger partial charge in [0.2, 0.25) is 0 Å². The maximum atomic E-state index is 12.2. The molecule has 66 valence electrons. The van der Waals surface area contributed by atoms with Crippen molar-refractivity contribution in [3.8, 4) is 0 Å². The summed E-state index contributed by atoms with van der Waals surface area (Å²) in [5, 5.41) is 0. The topological polar surface area (TPSA) is 12.5 Å². The third kappa shape index (κ3) is 1.37. The molecule has 0 N–H and O–H groups in total. The van der Waals surface area contributed by atoms with Gasteiger partial charge in [-0.3, -0.25) is 4.67 Å². The standard InChI is InChI=1S/C5H9F3NOP/c1-10-4(5(6,7)8)2-9(11)3-4/h2-3,11H2,1H3. The van der Waals surface area contributed by atoms with Crippen molar-refractivity contribution >= 4 is 9.39 Å². The van der Waals surface area contributed by atoms with E-state index in [0.717, 1.165) is 7.11 Å². The van der Waals surface area contributed by atoms with Gasteiger partial charge in [0, 0.05) is 20.2 Å². The van der Waals surface area contributed by atoms with E-state index in [9.17, 15) is 13.2 Å². The van der Waals surface area contributed by atoms with Gasteiger partial charge < -0.3 is 4.74 Å². The van der Waals surface area contributed by atoms with Gasteiger partial charge in [-0.2, -0.15) is 13.2 Å². The van der Waals surface area contributed by atoms with Gasteiger partial charge in [0.15, 0.2) is 5.60 Å². The first-order chi connectivity index (χ1) is 4.91. The Hall–Kier alpha value is 0.140. The number of ether oxygens (including phenoxy) is 1. The predicted molar refractivity (Wildman–Crippen MR) is 37.1 cm³/mol. The number of alkyl halides is 3. The van der Waals surface area contributed by atoms with Gasteiger partial charge in [-0.1, -0.05) is 9.39 Å². The Labute approximate surface area is 64.9 Å². The van der Waals surface area contributed by atoms with Crippen molar-refractivity contribution in [2.24, 2.45) is 0 Å². The molecule has 1 fully saturated rings. The molecule has 1 aliphatic heterocycles. The second kappa shape index (κ2) is 2.57. The number of methoxy groups -OCH3 is 1. The molecule has 0 aromatic carbocycles. The van der Waals surface area contributed by atoms with Crippen LogP contribution in [-0.2, 0) is 4.74 Å². The van der Waals surface area contributed by atoms with Crippen LogP contribution in [0.15, 0.2) is 0 Å². The van der Waals surface area contributed by atoms with Gasteiger partial charge >= 0.3 is 6.18 Å². The molecule has 0 amide bonds. The van der Waals surface area contributed by atoms with Crippen molar-refractivity contribution < 1.29 is 17.9 Å². The maximum absolute atomic E-state index is 12.2. The van der Waals surface area contributed by atoms with E-state index < -0.39 is 11.8 Å². The smallest absolute Gasteiger partial charge is 0.366 e. The van der Waals surface area contributed by atoms with Gasteiger partial charge in [-0.05, 0) is 0 Å². The van der Waals surface area contributed by atoms with Crippen LogP contribution < -0.4 is 0 Å². The molecule has 2 nitrogen and oxygen atoms in total. The lowest BCUT2D eigenvalue weighted by molar-refractivity contribution is -0.298. The summed E-state index contributed by atoms with van der Waals surface area (Å²) in [6.07, 6.45) is -4.26. The molecule has 0 saturated carbocycles. The van der Waals surface area contributed by atoms with Gasteiger partial charge in [-0.15, -0.1) is 0 Å². The fraction of sp³-hybridized carbons (Fsp3) is 1.00. The van der Waals surface area contributed by atoms with E-state index in [2.05, 4.69) is 14.1 Å². The highest BCUT2D eigenvalue weighted by Gasteiger charge is 2.61. The first kappa shape index (κ1) is 9.23. The molecule has 6 heteroatoms. The first-order valence-electron chi connectivity index (χ1n) is 3.03. The van der Waals surface area contributed by atoms with Crippen LogP contribution in [0, 0.1) is 0 Å². The van der Waals surface area contributed by atoms with Crippen molar-refractivity contribution in [2.45, 2.75) is 11.8 Å². The van der Waals surface area contributed by atoms with Crippen LogP contribution in [0.5, 0.6) is 0 Å². The lowest BCUT2D eigenvalue weighted by atomic mass is 9.96. The third-order valence-electron chi connectivity index (χ3n) is 1.82. The summed E-state index contributed by atoms with van der Waals surface area (Å²) in [4.78, 5) is 0. The molecule has 1 saturated heterocycles. The molecule has 1 rings (SSSR count). The summed E-state index contributed by atoms with van der Waals surface area (Å²) in [5.41, 5.74) is -1.92. The average Bonchev–Trinajstić information content (AvgIpc) is 1.77. The molecule has 1 atom stereocenters. The van der Waals surface area contributed by atoms with Crippen molar-refractivity contribution in [3.05, 3.63) is 0 Å². The second-order valence-corrected chi connectivity index (χ2v) is 3.33. The Balaban J connectivity index is 2.65. The molecule has 0 spiro atoms. The number of hydrogen-bond acceptors (Lipinski definition) is 2. The summed E-state index contributed by atoms with van der Waals surface area (Å²) < 4.78 is 42.4. The van der Waals surface area contributed by atoms with Crippen LogP contribution in [0.2, 0.25) is 0 Å². The normalized spacial score (nSPS) is 24.8. The van der Waals surface area contributed by atoms with Gasteiger partial charge in [0.05, 0.1) is 0 Å². The molecule has 0 bridgehead atoms. The average molecular weight is 187 g/mol. The zero-order valence-electron chi connectivity index (χ0n) is 5.98. The SMILES string of the molecule is COC1(C(F)(F)F)CN(P)C1. The van der Waals surface area contributed by atoms with E-state index in [0.29, 0.717) is 0 Å². The van der Waals surface area contributed by atoms with Crippen LogP contribution in [0.4, 0.5) is 13.2 Å². The summed E-state index contributed by atoms with van der Waals surface area (Å²) in [7, 11) is 3.29. The summed E-state index contributed by atoms with van der Waals surface area (Å²) >= 11 is 0. The van der Waals surface area contributed by atoms with Crippen LogP contribution in [0.3, 0.4) is 0 Å². The molecule has 0 radical (unpaired) electrons. The number of hydrogen-bond donors (Lipinski definition) is 0. The zero-order valence-corrected chi connectivity index (χ0v) is 7.14. The zero-order chi connectivity index (χ0) is 8.70. The van der Waals surface area contributed by atoms with Crippen molar-refractivity contribution in [2.75, 3.05) is 20.2 Å². The van der Waals surface area contributed by atoms with Crippen molar-refractivity contribution in [1.82, 2.24) is 4.67 Å². The third-order valence-corrected chi connectivity index (χ3v) is 2.19. The monoisotopic (exact) mass is 187 g/mol. The second-order valence-electron chi connectivity index (χ2n) is 2.60. The fourth-order valence-electron chi connectivity index (χ4n) is 1.03. The minimum Gasteiger partial charge on any atom is -0.366 e. The minimum absolute atomic E-state index is 0.0995. The first-order valence-corrected chi connectivity index (χ1v) is 3.54. The van der Waals surface area contributed by atoms with Gasteiger partial charge in [-0.25, -0.2) is 0 Å². The summed E-state index contributed by atoms with van der Waals surface area (Å²) in [6, 6.07) is 0. The molecule has 0 aromatic rings. The highest BCUT2D eigenvalue weighted by molar-refractivity contribution is 7.13. The van der Waals surface area contributed by atoms with Crippen LogP contribution in [0.25, 0.3) is 0 Å². The van der Waals surface area contributed by atoms with E-state index in [-0.39, 0.29) is 13.1 Å². The Morgan fingerprint density at radius 3 is 2.00 bits per heavy atom. The van der Waals surface area contributed by atoms with Crippen molar-refractivity contribution in [1.29, 1.82) is 0 Å². The van der Waals surface area contributed by atoms with E-state index in [1.807, 2.05) is 0 Å². The lowest BCUT2D eigenvalue weighted by Crippen LogP contribution is -2.67. The molecule has 1 aliphatic rings. The van der Waals surface area contributed by atoms with Crippen LogP contribution in [0.1, 0.15) is 0 Å². The van der Waals surface area contributed by atoms with E-state index in [1.54, 1.807) is 0 Å². The highest BCUT2D eigenvalue weighted by Crippen LogP contribution is 2.41. The van der Waals surface area contributed by atoms with Gasteiger partial charge in [0.1, 0.15) is 0 Å². The molecular formula is C5H9F3NOP. The molecule has 1 heterocycles. The highest BCUT2D eigenvalue weighted by atomic mass is 31.0. The van der Waals surface area contributed by atoms with Crippen LogP contribution >= 0.6 is 9.39 Å². The Kier molecular flexibility index (Phi) is 2.16. The van der Waals surface area contributed by atoms with Crippen LogP contribution in [-0.4, -0.2) is 36.6 Å². The number of nitrogens with zero attached hydrogens (tertiary/aromatic N) is 1.